The molecule has 0 radical (unpaired) electrons. The summed E-state index contributed by atoms with van der Waals surface area (Å²) in [5.74, 6) is 0.386. The zero-order chi connectivity index (χ0) is 25.9. The second-order valence-electron chi connectivity index (χ2n) is 8.98. The van der Waals surface area contributed by atoms with Crippen LogP contribution in [0.15, 0.2) is 72.8 Å². The fraction of sp³-hybridized carbons (Fsp3) is 0.310. The highest BCUT2D eigenvalue weighted by Crippen LogP contribution is 2.48. The summed E-state index contributed by atoms with van der Waals surface area (Å²) in [7, 11) is 3.15. The number of hydrogen-bond donors (Lipinski definition) is 0. The number of nitrogens with zero attached hydrogens (tertiary/aromatic N) is 2. The monoisotopic (exact) mass is 502 g/mol. The van der Waals surface area contributed by atoms with Crippen LogP contribution in [0.4, 0.5) is 11.4 Å². The van der Waals surface area contributed by atoms with Gasteiger partial charge >= 0.3 is 0 Å². The predicted molar refractivity (Wildman–Crippen MR) is 139 cm³/mol. The summed E-state index contributed by atoms with van der Waals surface area (Å²) in [5.41, 5.74) is 2.02. The van der Waals surface area contributed by atoms with Crippen molar-refractivity contribution in [1.82, 2.24) is 0 Å². The first-order chi connectivity index (χ1) is 18.1. The summed E-state index contributed by atoms with van der Waals surface area (Å²) in [5, 5.41) is 1.67. The van der Waals surface area contributed by atoms with Crippen molar-refractivity contribution in [3.8, 4) is 17.2 Å². The van der Waals surface area contributed by atoms with Gasteiger partial charge in [-0.25, -0.2) is 9.96 Å². The maximum atomic E-state index is 13.8. The molecule has 3 atom stereocenters. The van der Waals surface area contributed by atoms with Gasteiger partial charge in [0.1, 0.15) is 11.7 Å². The molecule has 2 aliphatic rings. The summed E-state index contributed by atoms with van der Waals surface area (Å²) in [6.07, 6.45) is 1.01. The van der Waals surface area contributed by atoms with Crippen LogP contribution in [0.3, 0.4) is 0 Å². The molecule has 0 bridgehead atoms. The first kappa shape index (κ1) is 24.6. The number of fused-ring (bicyclic) bond motifs is 1. The van der Waals surface area contributed by atoms with Crippen LogP contribution in [0.1, 0.15) is 31.4 Å². The Labute approximate surface area is 216 Å². The molecule has 2 amide bonds. The highest BCUT2D eigenvalue weighted by Gasteiger charge is 2.60. The van der Waals surface area contributed by atoms with Crippen molar-refractivity contribution in [2.75, 3.05) is 30.8 Å². The molecule has 2 aliphatic heterocycles. The Balaban J connectivity index is 1.53. The zero-order valence-corrected chi connectivity index (χ0v) is 21.1. The minimum atomic E-state index is -0.953. The van der Waals surface area contributed by atoms with Crippen LogP contribution in [0.2, 0.25) is 0 Å². The van der Waals surface area contributed by atoms with Gasteiger partial charge in [-0.3, -0.25) is 14.4 Å². The summed E-state index contributed by atoms with van der Waals surface area (Å²) in [6, 6.07) is 21.4. The van der Waals surface area contributed by atoms with Gasteiger partial charge in [0.05, 0.1) is 38.2 Å². The second kappa shape index (κ2) is 10.5. The molecule has 0 N–H and O–H groups in total. The van der Waals surface area contributed by atoms with E-state index in [9.17, 15) is 9.59 Å². The maximum Gasteiger partial charge on any atom is 0.266 e. The number of para-hydroxylation sites is 1. The van der Waals surface area contributed by atoms with E-state index in [4.69, 9.17) is 19.0 Å². The third-order valence-corrected chi connectivity index (χ3v) is 6.74. The average molecular weight is 503 g/mol. The third kappa shape index (κ3) is 4.49. The molecule has 0 spiro atoms. The normalized spacial score (nSPS) is 20.8. The minimum Gasteiger partial charge on any atom is -0.497 e. The molecule has 0 aliphatic carbocycles. The smallest absolute Gasteiger partial charge is 0.266 e. The molecule has 37 heavy (non-hydrogen) atoms. The van der Waals surface area contributed by atoms with E-state index in [0.29, 0.717) is 29.5 Å². The molecule has 8 heteroatoms. The van der Waals surface area contributed by atoms with Gasteiger partial charge in [-0.1, -0.05) is 37.6 Å². The number of rotatable bonds is 9. The molecule has 3 aromatic carbocycles. The number of amides is 2. The lowest BCUT2D eigenvalue weighted by Crippen LogP contribution is -2.37. The van der Waals surface area contributed by atoms with E-state index in [1.165, 1.54) is 4.90 Å². The molecule has 2 saturated heterocycles. The Bertz CT molecular complexity index is 1260. The van der Waals surface area contributed by atoms with Crippen LogP contribution in [0.25, 0.3) is 0 Å². The highest BCUT2D eigenvalue weighted by molar-refractivity contribution is 6.23. The van der Waals surface area contributed by atoms with Crippen LogP contribution in [-0.2, 0) is 14.4 Å². The molecule has 0 saturated carbocycles. The van der Waals surface area contributed by atoms with E-state index in [1.807, 2.05) is 48.5 Å². The number of carbonyl (C=O) groups excluding carboxylic acids is 2. The summed E-state index contributed by atoms with van der Waals surface area (Å²) >= 11 is 0. The number of anilines is 2. The van der Waals surface area contributed by atoms with E-state index >= 15 is 0 Å². The first-order valence-electron chi connectivity index (χ1n) is 12.4. The van der Waals surface area contributed by atoms with Gasteiger partial charge in [-0.15, -0.1) is 0 Å². The molecule has 192 valence electrons. The van der Waals surface area contributed by atoms with Crippen molar-refractivity contribution in [3.05, 3.63) is 78.4 Å². The Morgan fingerprint density at radius 1 is 0.838 bits per heavy atom. The third-order valence-electron chi connectivity index (χ3n) is 6.74. The molecule has 0 unspecified atom stereocenters. The van der Waals surface area contributed by atoms with Crippen molar-refractivity contribution in [1.29, 1.82) is 0 Å². The van der Waals surface area contributed by atoms with Crippen molar-refractivity contribution in [2.24, 2.45) is 5.92 Å². The molecule has 0 aromatic heterocycles. The number of hydrogen-bond acceptors (Lipinski definition) is 7. The summed E-state index contributed by atoms with van der Waals surface area (Å²) in [6.45, 7) is 2.69. The van der Waals surface area contributed by atoms with Crippen LogP contribution in [-0.4, -0.2) is 38.7 Å². The number of hydroxylamine groups is 1. The van der Waals surface area contributed by atoms with Crippen LogP contribution in [0, 0.1) is 5.92 Å². The van der Waals surface area contributed by atoms with Gasteiger partial charge in [-0.2, -0.15) is 0 Å². The fourth-order valence-electron chi connectivity index (χ4n) is 4.85. The van der Waals surface area contributed by atoms with Gasteiger partial charge in [0.25, 0.3) is 5.91 Å². The van der Waals surface area contributed by atoms with Crippen molar-refractivity contribution >= 4 is 23.2 Å². The number of unbranched alkanes of at least 4 members (excludes halogenated alkanes) is 1. The molecule has 2 fully saturated rings. The first-order valence-corrected chi connectivity index (χ1v) is 12.4. The Hall–Kier alpha value is -4.04. The number of imide groups is 1. The van der Waals surface area contributed by atoms with Crippen molar-refractivity contribution < 1.29 is 28.6 Å². The second-order valence-corrected chi connectivity index (χ2v) is 8.98. The Morgan fingerprint density at radius 2 is 1.59 bits per heavy atom. The van der Waals surface area contributed by atoms with E-state index < -0.39 is 24.0 Å². The predicted octanol–water partition coefficient (Wildman–Crippen LogP) is 4.93. The van der Waals surface area contributed by atoms with Crippen LogP contribution in [0.5, 0.6) is 17.2 Å². The van der Waals surface area contributed by atoms with Gasteiger partial charge in [0, 0.05) is 0 Å². The Kier molecular flexibility index (Phi) is 7.01. The zero-order valence-electron chi connectivity index (χ0n) is 21.1. The Morgan fingerprint density at radius 3 is 2.27 bits per heavy atom. The fourth-order valence-corrected chi connectivity index (χ4v) is 4.85. The summed E-state index contributed by atoms with van der Waals surface area (Å²) in [4.78, 5) is 34.8. The lowest BCUT2D eigenvalue weighted by atomic mass is 9.90. The van der Waals surface area contributed by atoms with Gasteiger partial charge < -0.3 is 14.2 Å². The number of carbonyl (C=O) groups is 2. The van der Waals surface area contributed by atoms with Crippen molar-refractivity contribution in [3.63, 3.8) is 0 Å². The standard InChI is InChI=1S/C29H30N2O6/c1-4-5-17-36-23-16-11-19(18-24(23)35-3)26-25-27(37-31(26)21-9-7-6-8-10-21)29(33)30(28(25)32)20-12-14-22(34-2)15-13-20/h6-16,18,25-27H,4-5,17H2,1-3H3/t25-,26-,27+/m0/s1. The quantitative estimate of drug-likeness (QED) is 0.303. The maximum absolute atomic E-state index is 13.8. The van der Waals surface area contributed by atoms with Gasteiger partial charge in [0.2, 0.25) is 5.91 Å². The van der Waals surface area contributed by atoms with E-state index in [1.54, 1.807) is 43.5 Å². The van der Waals surface area contributed by atoms with Crippen LogP contribution >= 0.6 is 0 Å². The minimum absolute atomic E-state index is 0.314. The lowest BCUT2D eigenvalue weighted by Gasteiger charge is -2.29. The molecular formula is C29H30N2O6. The number of benzene rings is 3. The van der Waals surface area contributed by atoms with Gasteiger partial charge in [-0.05, 0) is 60.5 Å². The van der Waals surface area contributed by atoms with E-state index in [-0.39, 0.29) is 5.91 Å². The number of methoxy groups -OCH3 is 2. The largest absolute Gasteiger partial charge is 0.497 e. The average Bonchev–Trinajstić information content (AvgIpc) is 3.45. The molecule has 3 aromatic rings. The molecule has 8 nitrogen and oxygen atoms in total. The number of ether oxygens (including phenoxy) is 3. The molecule has 5 rings (SSSR count). The molecule has 2 heterocycles. The summed E-state index contributed by atoms with van der Waals surface area (Å²) < 4.78 is 16.8. The van der Waals surface area contributed by atoms with E-state index in [0.717, 1.165) is 24.1 Å². The SMILES string of the molecule is CCCCOc1ccc([C@H]2[C@@H]3C(=O)N(c4ccc(OC)cc4)C(=O)[C@@H]3ON2c2ccccc2)cc1OC. The molecular weight excluding hydrogens is 472 g/mol. The van der Waals surface area contributed by atoms with Crippen LogP contribution < -0.4 is 24.2 Å². The highest BCUT2D eigenvalue weighted by atomic mass is 16.7. The van der Waals surface area contributed by atoms with E-state index in [2.05, 4.69) is 6.92 Å². The lowest BCUT2D eigenvalue weighted by molar-refractivity contribution is -0.126. The van der Waals surface area contributed by atoms with Gasteiger partial charge in [0.15, 0.2) is 17.6 Å². The topological polar surface area (TPSA) is 77.5 Å². The van der Waals surface area contributed by atoms with Crippen molar-refractivity contribution in [2.45, 2.75) is 31.9 Å².